The quantitative estimate of drug-likeness (QED) is 0.837. The topological polar surface area (TPSA) is 32.8 Å². The Morgan fingerprint density at radius 2 is 1.60 bits per heavy atom. The van der Waals surface area contributed by atoms with Gasteiger partial charge in [0.15, 0.2) is 0 Å². The Labute approximate surface area is 150 Å². The maximum atomic E-state index is 13.0. The molecular formula is C21H26N2O2. The molecule has 1 saturated heterocycles. The van der Waals surface area contributed by atoms with Crippen molar-refractivity contribution < 1.29 is 9.53 Å². The molecule has 1 fully saturated rings. The summed E-state index contributed by atoms with van der Waals surface area (Å²) in [5.74, 6) is 0.922. The number of rotatable bonds is 5. The summed E-state index contributed by atoms with van der Waals surface area (Å²) >= 11 is 0. The predicted molar refractivity (Wildman–Crippen MR) is 99.8 cm³/mol. The van der Waals surface area contributed by atoms with Crippen molar-refractivity contribution in [3.63, 3.8) is 0 Å². The molecule has 0 aliphatic carbocycles. The molecule has 1 heterocycles. The zero-order valence-electron chi connectivity index (χ0n) is 15.0. The Bertz CT molecular complexity index is 692. The van der Waals surface area contributed by atoms with E-state index in [0.29, 0.717) is 12.6 Å². The molecule has 4 nitrogen and oxygen atoms in total. The largest absolute Gasteiger partial charge is 0.489 e. The van der Waals surface area contributed by atoms with Crippen LogP contribution in [0.3, 0.4) is 0 Å². The third-order valence-corrected chi connectivity index (χ3v) is 4.72. The molecule has 1 amide bonds. The molecule has 0 radical (unpaired) electrons. The Kier molecular flexibility index (Phi) is 5.71. The molecule has 0 N–H and O–H groups in total. The summed E-state index contributed by atoms with van der Waals surface area (Å²) in [6.45, 7) is 8.24. The zero-order chi connectivity index (χ0) is 17.6. The third kappa shape index (κ3) is 4.40. The summed E-state index contributed by atoms with van der Waals surface area (Å²) in [4.78, 5) is 17.3. The number of nitrogens with zero attached hydrogens (tertiary/aromatic N) is 2. The number of carbonyl (C=O) groups excluding carboxylic acids is 1. The lowest BCUT2D eigenvalue weighted by molar-refractivity contribution is 0.0593. The molecule has 4 heteroatoms. The number of benzene rings is 2. The van der Waals surface area contributed by atoms with Crippen LogP contribution in [0, 0.1) is 0 Å². The van der Waals surface area contributed by atoms with Gasteiger partial charge >= 0.3 is 0 Å². The highest BCUT2D eigenvalue weighted by Crippen LogP contribution is 2.17. The minimum atomic E-state index is 0.107. The van der Waals surface area contributed by atoms with Gasteiger partial charge in [0.1, 0.15) is 12.4 Å². The molecule has 2 aromatic carbocycles. The van der Waals surface area contributed by atoms with Crippen LogP contribution >= 0.6 is 0 Å². The summed E-state index contributed by atoms with van der Waals surface area (Å²) < 4.78 is 5.84. The summed E-state index contributed by atoms with van der Waals surface area (Å²) in [7, 11) is 0. The molecule has 0 unspecified atom stereocenters. The molecule has 0 spiro atoms. The fourth-order valence-corrected chi connectivity index (χ4v) is 3.14. The Balaban J connectivity index is 1.67. The minimum Gasteiger partial charge on any atom is -0.489 e. The van der Waals surface area contributed by atoms with Crippen molar-refractivity contribution >= 4 is 5.91 Å². The van der Waals surface area contributed by atoms with Gasteiger partial charge in [-0.3, -0.25) is 9.69 Å². The van der Waals surface area contributed by atoms with Crippen LogP contribution in [-0.2, 0) is 6.61 Å². The normalized spacial score (nSPS) is 15.4. The molecule has 132 valence electrons. The number of piperazine rings is 1. The lowest BCUT2D eigenvalue weighted by Gasteiger charge is -2.37. The van der Waals surface area contributed by atoms with Crippen LogP contribution < -0.4 is 4.74 Å². The average molecular weight is 338 g/mol. The van der Waals surface area contributed by atoms with Crippen molar-refractivity contribution in [1.82, 2.24) is 9.80 Å². The monoisotopic (exact) mass is 338 g/mol. The number of hydrogen-bond donors (Lipinski definition) is 0. The Hall–Kier alpha value is -2.33. The molecule has 1 aliphatic heterocycles. The maximum absolute atomic E-state index is 13.0. The summed E-state index contributed by atoms with van der Waals surface area (Å²) in [5, 5.41) is 0. The molecule has 0 bridgehead atoms. The summed E-state index contributed by atoms with van der Waals surface area (Å²) in [6, 6.07) is 18.0. The lowest BCUT2D eigenvalue weighted by Crippen LogP contribution is -2.50. The van der Waals surface area contributed by atoms with E-state index in [2.05, 4.69) is 18.7 Å². The van der Waals surface area contributed by atoms with E-state index in [-0.39, 0.29) is 5.91 Å². The van der Waals surface area contributed by atoms with Crippen LogP contribution in [0.4, 0.5) is 0 Å². The Morgan fingerprint density at radius 3 is 2.28 bits per heavy atom. The van der Waals surface area contributed by atoms with Crippen LogP contribution in [0.2, 0.25) is 0 Å². The van der Waals surface area contributed by atoms with Gasteiger partial charge in [0.25, 0.3) is 5.91 Å². The van der Waals surface area contributed by atoms with Crippen LogP contribution in [-0.4, -0.2) is 47.9 Å². The van der Waals surface area contributed by atoms with Crippen molar-refractivity contribution in [2.45, 2.75) is 26.5 Å². The van der Waals surface area contributed by atoms with Gasteiger partial charge in [0, 0.05) is 43.3 Å². The highest BCUT2D eigenvalue weighted by atomic mass is 16.5. The van der Waals surface area contributed by atoms with Crippen molar-refractivity contribution in [3.05, 3.63) is 65.7 Å². The van der Waals surface area contributed by atoms with Crippen molar-refractivity contribution in [2.75, 3.05) is 26.2 Å². The van der Waals surface area contributed by atoms with E-state index in [1.807, 2.05) is 59.5 Å². The lowest BCUT2D eigenvalue weighted by atomic mass is 10.1. The molecular weight excluding hydrogens is 312 g/mol. The van der Waals surface area contributed by atoms with Crippen molar-refractivity contribution in [1.29, 1.82) is 0 Å². The molecule has 3 rings (SSSR count). The second-order valence-electron chi connectivity index (χ2n) is 6.68. The van der Waals surface area contributed by atoms with Gasteiger partial charge in [-0.1, -0.05) is 36.4 Å². The first-order chi connectivity index (χ1) is 12.1. The highest BCUT2D eigenvalue weighted by Gasteiger charge is 2.24. The van der Waals surface area contributed by atoms with Crippen molar-refractivity contribution in [3.8, 4) is 5.75 Å². The standard InChI is InChI=1S/C21H26N2O2/c1-17(2)22-12-14-23(15-13-22)21(24)20-11-7-6-8-18(20)16-25-19-9-4-3-5-10-19/h3-11,17H,12-16H2,1-2H3. The maximum Gasteiger partial charge on any atom is 0.254 e. The molecule has 25 heavy (non-hydrogen) atoms. The van der Waals surface area contributed by atoms with Crippen LogP contribution in [0.15, 0.2) is 54.6 Å². The highest BCUT2D eigenvalue weighted by molar-refractivity contribution is 5.95. The number of ether oxygens (including phenoxy) is 1. The first-order valence-corrected chi connectivity index (χ1v) is 8.94. The van der Waals surface area contributed by atoms with Gasteiger partial charge in [0.2, 0.25) is 0 Å². The van der Waals surface area contributed by atoms with Gasteiger partial charge in [-0.05, 0) is 32.0 Å². The van der Waals surface area contributed by atoms with Gasteiger partial charge in [-0.2, -0.15) is 0 Å². The van der Waals surface area contributed by atoms with E-state index in [0.717, 1.165) is 43.1 Å². The van der Waals surface area contributed by atoms with Crippen LogP contribution in [0.25, 0.3) is 0 Å². The number of carbonyl (C=O) groups is 1. The SMILES string of the molecule is CC(C)N1CCN(C(=O)c2ccccc2COc2ccccc2)CC1. The van der Waals surface area contributed by atoms with E-state index in [1.54, 1.807) is 0 Å². The first kappa shape index (κ1) is 17.5. The van der Waals surface area contributed by atoms with Gasteiger partial charge in [0.05, 0.1) is 0 Å². The second-order valence-corrected chi connectivity index (χ2v) is 6.68. The smallest absolute Gasteiger partial charge is 0.254 e. The molecule has 0 atom stereocenters. The predicted octanol–water partition coefficient (Wildman–Crippen LogP) is 3.43. The number of amides is 1. The Morgan fingerprint density at radius 1 is 0.960 bits per heavy atom. The molecule has 0 saturated carbocycles. The minimum absolute atomic E-state index is 0.107. The average Bonchev–Trinajstić information content (AvgIpc) is 2.67. The molecule has 0 aromatic heterocycles. The van der Waals surface area contributed by atoms with Crippen LogP contribution in [0.1, 0.15) is 29.8 Å². The van der Waals surface area contributed by atoms with Gasteiger partial charge in [-0.15, -0.1) is 0 Å². The van der Waals surface area contributed by atoms with Gasteiger partial charge in [-0.25, -0.2) is 0 Å². The third-order valence-electron chi connectivity index (χ3n) is 4.72. The zero-order valence-corrected chi connectivity index (χ0v) is 15.0. The van der Waals surface area contributed by atoms with E-state index in [1.165, 1.54) is 0 Å². The van der Waals surface area contributed by atoms with Crippen LogP contribution in [0.5, 0.6) is 5.75 Å². The fourth-order valence-electron chi connectivity index (χ4n) is 3.14. The van der Waals surface area contributed by atoms with Crippen molar-refractivity contribution in [2.24, 2.45) is 0 Å². The molecule has 2 aromatic rings. The van der Waals surface area contributed by atoms with E-state index >= 15 is 0 Å². The molecule has 1 aliphatic rings. The summed E-state index contributed by atoms with van der Waals surface area (Å²) in [6.07, 6.45) is 0. The first-order valence-electron chi connectivity index (χ1n) is 8.94. The number of hydrogen-bond acceptors (Lipinski definition) is 3. The van der Waals surface area contributed by atoms with E-state index in [4.69, 9.17) is 4.74 Å². The fraction of sp³-hybridized carbons (Fsp3) is 0.381. The van der Waals surface area contributed by atoms with E-state index < -0.39 is 0 Å². The second kappa shape index (κ2) is 8.17. The summed E-state index contributed by atoms with van der Waals surface area (Å²) in [5.41, 5.74) is 1.68. The number of para-hydroxylation sites is 1. The van der Waals surface area contributed by atoms with E-state index in [9.17, 15) is 4.79 Å². The van der Waals surface area contributed by atoms with Gasteiger partial charge < -0.3 is 9.64 Å².